The van der Waals surface area contributed by atoms with Gasteiger partial charge in [0.2, 0.25) is 0 Å². The van der Waals surface area contributed by atoms with Gasteiger partial charge < -0.3 is 10.0 Å². The van der Waals surface area contributed by atoms with Gasteiger partial charge in [-0.3, -0.25) is 29.8 Å². The molecule has 1 saturated heterocycles. The summed E-state index contributed by atoms with van der Waals surface area (Å²) >= 11 is 1.20. The number of Topliss-reactive ketones (excluding diaryl/α,β-unsaturated/α-hetero) is 2. The van der Waals surface area contributed by atoms with Gasteiger partial charge in [0.25, 0.3) is 11.4 Å². The van der Waals surface area contributed by atoms with E-state index in [1.54, 1.807) is 30.3 Å². The molecule has 5 rings (SSSR count). The highest BCUT2D eigenvalue weighted by Crippen LogP contribution is 2.49. The Balaban J connectivity index is 1.62. The maximum absolute atomic E-state index is 14.1. The molecule has 1 aliphatic heterocycles. The van der Waals surface area contributed by atoms with Crippen LogP contribution in [0.25, 0.3) is 0 Å². The van der Waals surface area contributed by atoms with Gasteiger partial charge in [-0.2, -0.15) is 0 Å². The molecule has 0 saturated carbocycles. The van der Waals surface area contributed by atoms with Crippen molar-refractivity contribution in [3.8, 4) is 0 Å². The number of nitro benzene ring substituents is 2. The van der Waals surface area contributed by atoms with Crippen LogP contribution in [-0.2, 0) is 0 Å². The van der Waals surface area contributed by atoms with Gasteiger partial charge in [0.05, 0.1) is 15.2 Å². The van der Waals surface area contributed by atoms with Crippen molar-refractivity contribution >= 4 is 40.4 Å². The maximum Gasteiger partial charge on any atom is 0.269 e. The third-order valence-corrected chi connectivity index (χ3v) is 8.43. The van der Waals surface area contributed by atoms with Crippen LogP contribution in [-0.4, -0.2) is 33.0 Å². The molecule has 0 N–H and O–H groups in total. The fraction of sp³-hybridized carbons (Fsp3) is 0.133. The van der Waals surface area contributed by atoms with E-state index in [4.69, 9.17) is 0 Å². The Hall–Kier alpha value is -4.87. The molecule has 0 bridgehead atoms. The predicted octanol–water partition coefficient (Wildman–Crippen LogP) is 5.19. The van der Waals surface area contributed by atoms with E-state index in [-0.39, 0.29) is 22.5 Å². The Labute approximate surface area is 238 Å². The lowest BCUT2D eigenvalue weighted by Crippen LogP contribution is -2.50. The zero-order chi connectivity index (χ0) is 29.1. The summed E-state index contributed by atoms with van der Waals surface area (Å²) in [6, 6.07) is 27.7. The molecule has 11 heteroatoms. The summed E-state index contributed by atoms with van der Waals surface area (Å²) in [5, 5.41) is 34.8. The number of non-ortho nitro benzene ring substituents is 2. The Bertz CT molecular complexity index is 1510. The Morgan fingerprint density at radius 2 is 1.12 bits per heavy atom. The van der Waals surface area contributed by atoms with E-state index in [2.05, 4.69) is 0 Å². The lowest BCUT2D eigenvalue weighted by Gasteiger charge is -2.39. The van der Waals surface area contributed by atoms with Gasteiger partial charge in [-0.15, -0.1) is 11.8 Å². The second-order valence-corrected chi connectivity index (χ2v) is 10.6. The van der Waals surface area contributed by atoms with Crippen molar-refractivity contribution in [3.05, 3.63) is 146 Å². The first kappa shape index (κ1) is 27.7. The van der Waals surface area contributed by atoms with Gasteiger partial charge in [0.15, 0.2) is 11.6 Å². The van der Waals surface area contributed by atoms with Crippen LogP contribution in [0.4, 0.5) is 17.1 Å². The number of hydrogen-bond acceptors (Lipinski definition) is 9. The summed E-state index contributed by atoms with van der Waals surface area (Å²) in [5.41, 5.74) is 0.964. The Morgan fingerprint density at radius 1 is 0.683 bits per heavy atom. The molecule has 0 aromatic heterocycles. The smallest absolute Gasteiger partial charge is 0.269 e. The van der Waals surface area contributed by atoms with Gasteiger partial charge in [-0.05, 0) is 48.2 Å². The van der Waals surface area contributed by atoms with Crippen LogP contribution >= 0.6 is 11.8 Å². The number of ketones is 2. The molecule has 0 spiro atoms. The van der Waals surface area contributed by atoms with Crippen LogP contribution in [0.15, 0.2) is 109 Å². The number of nitrogens with zero attached hydrogens (tertiary/aromatic N) is 3. The standard InChI is InChI=1S/C30H22N3O7S/c34-26(19-11-15-23(16-12-19)32(37)38)25(27(35)20-13-17-24(18-14-20)33(39)40)30-31(22-9-5-2-6-10-22)29(36)28(41-30)21-7-3-1-4-8-21/h1-18,25,28-30H/q-1. The van der Waals surface area contributed by atoms with Gasteiger partial charge >= 0.3 is 0 Å². The SMILES string of the molecule is O=C(c1ccc([N+](=O)[O-])cc1)C(C(=O)c1ccc([N+](=O)[O-])cc1)C1SC(c2ccccc2)C([O-])N1c1ccccc1. The van der Waals surface area contributed by atoms with Gasteiger partial charge in [-0.25, -0.2) is 0 Å². The monoisotopic (exact) mass is 568 g/mol. The fourth-order valence-electron chi connectivity index (χ4n) is 4.82. The quantitative estimate of drug-likeness (QED) is 0.115. The largest absolute Gasteiger partial charge is 0.835 e. The number of para-hydroxylation sites is 1. The van der Waals surface area contributed by atoms with Gasteiger partial charge in [0, 0.05) is 46.3 Å². The number of carbonyl (C=O) groups excluding carboxylic acids is 2. The summed E-state index contributed by atoms with van der Waals surface area (Å²) in [7, 11) is 0. The first-order chi connectivity index (χ1) is 19.8. The average Bonchev–Trinajstić information content (AvgIpc) is 3.34. The maximum atomic E-state index is 14.1. The first-order valence-electron chi connectivity index (χ1n) is 12.5. The van der Waals surface area contributed by atoms with Crippen molar-refractivity contribution in [2.45, 2.75) is 16.9 Å². The number of anilines is 1. The number of carbonyl (C=O) groups is 2. The van der Waals surface area contributed by atoms with E-state index in [1.807, 2.05) is 30.3 Å². The second kappa shape index (κ2) is 11.7. The van der Waals surface area contributed by atoms with Crippen molar-refractivity contribution in [2.24, 2.45) is 5.92 Å². The lowest BCUT2D eigenvalue weighted by molar-refractivity contribution is -0.417. The van der Waals surface area contributed by atoms with Crippen LogP contribution in [0.1, 0.15) is 31.5 Å². The zero-order valence-corrected chi connectivity index (χ0v) is 22.1. The molecule has 1 fully saturated rings. The summed E-state index contributed by atoms with van der Waals surface area (Å²) in [6.45, 7) is 0. The summed E-state index contributed by atoms with van der Waals surface area (Å²) in [5.74, 6) is -2.65. The van der Waals surface area contributed by atoms with Gasteiger partial charge in [-0.1, -0.05) is 48.5 Å². The van der Waals surface area contributed by atoms with Crippen LogP contribution < -0.4 is 10.0 Å². The molecule has 206 valence electrons. The van der Waals surface area contributed by atoms with Crippen molar-refractivity contribution in [2.75, 3.05) is 4.90 Å². The molecular weight excluding hydrogens is 546 g/mol. The zero-order valence-electron chi connectivity index (χ0n) is 21.3. The van der Waals surface area contributed by atoms with E-state index in [0.29, 0.717) is 5.69 Å². The number of rotatable bonds is 9. The third-order valence-electron chi connectivity index (χ3n) is 6.85. The van der Waals surface area contributed by atoms with E-state index in [1.165, 1.54) is 65.2 Å². The minimum absolute atomic E-state index is 0.0649. The molecule has 3 atom stereocenters. The molecule has 1 heterocycles. The molecule has 10 nitrogen and oxygen atoms in total. The van der Waals surface area contributed by atoms with E-state index >= 15 is 0 Å². The third kappa shape index (κ3) is 5.58. The van der Waals surface area contributed by atoms with Crippen molar-refractivity contribution in [1.82, 2.24) is 0 Å². The minimum Gasteiger partial charge on any atom is -0.835 e. The van der Waals surface area contributed by atoms with Crippen LogP contribution in [0, 0.1) is 26.1 Å². The number of thioether (sulfide) groups is 1. The topological polar surface area (TPSA) is 147 Å². The molecule has 3 unspecified atom stereocenters. The first-order valence-corrected chi connectivity index (χ1v) is 13.5. The van der Waals surface area contributed by atoms with Crippen LogP contribution in [0.2, 0.25) is 0 Å². The molecule has 0 radical (unpaired) electrons. The molecular formula is C30H22N3O7S-. The average molecular weight is 569 g/mol. The second-order valence-electron chi connectivity index (χ2n) is 9.31. The van der Waals surface area contributed by atoms with Crippen molar-refractivity contribution in [1.29, 1.82) is 0 Å². The summed E-state index contributed by atoms with van der Waals surface area (Å²) < 4.78 is 0. The highest BCUT2D eigenvalue weighted by atomic mass is 32.2. The Kier molecular flexibility index (Phi) is 7.90. The molecule has 41 heavy (non-hydrogen) atoms. The van der Waals surface area contributed by atoms with E-state index in [0.717, 1.165) is 5.56 Å². The molecule has 4 aromatic rings. The number of hydrogen-bond donors (Lipinski definition) is 0. The molecule has 0 aliphatic carbocycles. The van der Waals surface area contributed by atoms with Gasteiger partial charge in [0.1, 0.15) is 5.92 Å². The van der Waals surface area contributed by atoms with Crippen LogP contribution in [0.5, 0.6) is 0 Å². The van der Waals surface area contributed by atoms with Crippen molar-refractivity contribution in [3.63, 3.8) is 0 Å². The lowest BCUT2D eigenvalue weighted by atomic mass is 9.88. The fourth-order valence-corrected chi connectivity index (χ4v) is 6.48. The normalized spacial score (nSPS) is 18.3. The summed E-state index contributed by atoms with van der Waals surface area (Å²) in [4.78, 5) is 50.9. The number of benzene rings is 4. The van der Waals surface area contributed by atoms with Crippen LogP contribution in [0.3, 0.4) is 0 Å². The Morgan fingerprint density at radius 3 is 1.56 bits per heavy atom. The minimum atomic E-state index is -1.41. The molecule has 1 aliphatic rings. The summed E-state index contributed by atoms with van der Waals surface area (Å²) in [6.07, 6.45) is -1.35. The van der Waals surface area contributed by atoms with E-state index in [9.17, 15) is 34.9 Å². The highest BCUT2D eigenvalue weighted by Gasteiger charge is 2.47. The highest BCUT2D eigenvalue weighted by molar-refractivity contribution is 8.00. The molecule has 4 aromatic carbocycles. The van der Waals surface area contributed by atoms with E-state index < -0.39 is 44.2 Å². The number of nitro groups is 2. The predicted molar refractivity (Wildman–Crippen MR) is 152 cm³/mol. The van der Waals surface area contributed by atoms with Crippen molar-refractivity contribution < 1.29 is 24.5 Å². The molecule has 0 amide bonds.